The first-order valence-electron chi connectivity index (χ1n) is 4.58. The average molecular weight is 271 g/mol. The van der Waals surface area contributed by atoms with Gasteiger partial charge in [0.05, 0.1) is 0 Å². The van der Waals surface area contributed by atoms with Gasteiger partial charge in [-0.15, -0.1) is 0 Å². The van der Waals surface area contributed by atoms with E-state index in [2.05, 4.69) is 4.98 Å². The Labute approximate surface area is 106 Å². The van der Waals surface area contributed by atoms with Crippen molar-refractivity contribution in [2.75, 3.05) is 13.2 Å². The fraction of sp³-hybridized carbons (Fsp3) is 0.500. The third kappa shape index (κ3) is 16.6. The molecule has 15 heavy (non-hydrogen) atoms. The van der Waals surface area contributed by atoms with E-state index in [1.54, 1.807) is 12.4 Å². The van der Waals surface area contributed by atoms with Gasteiger partial charge in [0.1, 0.15) is 0 Å². The Bertz CT molecular complexity index is 168. The first-order valence-corrected chi connectivity index (χ1v) is 5.89. The van der Waals surface area contributed by atoms with E-state index in [1.165, 1.54) is 12.8 Å². The van der Waals surface area contributed by atoms with Crippen molar-refractivity contribution < 1.29 is 4.74 Å². The third-order valence-electron chi connectivity index (χ3n) is 1.39. The summed E-state index contributed by atoms with van der Waals surface area (Å²) in [6, 6.07) is 5.72. The Morgan fingerprint density at radius 3 is 1.53 bits per heavy atom. The predicted molar refractivity (Wildman–Crippen MR) is 65.6 cm³/mol. The van der Waals surface area contributed by atoms with E-state index in [9.17, 15) is 0 Å². The van der Waals surface area contributed by atoms with E-state index in [0.29, 0.717) is 0 Å². The monoisotopic (exact) mass is 269 g/mol. The Balaban J connectivity index is 0.000000202. The van der Waals surface area contributed by atoms with Crippen molar-refractivity contribution in [3.8, 4) is 0 Å². The normalized spacial score (nSPS) is 13.6. The molecule has 1 fully saturated rings. The van der Waals surface area contributed by atoms with Crippen molar-refractivity contribution in [2.24, 2.45) is 0 Å². The second-order valence-electron chi connectivity index (χ2n) is 2.59. The maximum Gasteiger partial charge on any atom is 0.180 e. The van der Waals surface area contributed by atoms with E-state index in [-0.39, 0.29) is 0 Å². The number of rotatable bonds is 0. The molecule has 0 bridgehead atoms. The smallest absolute Gasteiger partial charge is 0.180 e. The fourth-order valence-corrected chi connectivity index (χ4v) is 0.823. The van der Waals surface area contributed by atoms with E-state index in [1.807, 2.05) is 18.2 Å². The van der Waals surface area contributed by atoms with Crippen LogP contribution in [0.1, 0.15) is 12.8 Å². The summed E-state index contributed by atoms with van der Waals surface area (Å²) in [6.45, 7) is 2.00. The van der Waals surface area contributed by atoms with Crippen LogP contribution in [0.2, 0.25) is 0 Å². The summed E-state index contributed by atoms with van der Waals surface area (Å²) in [7, 11) is 0. The third-order valence-corrected chi connectivity index (χ3v) is 1.39. The lowest BCUT2D eigenvalue weighted by atomic mass is 10.4. The maximum absolute atomic E-state index is 4.94. The molecule has 0 aliphatic carbocycles. The quantitative estimate of drug-likeness (QED) is 0.668. The molecule has 0 N–H and O–H groups in total. The van der Waals surface area contributed by atoms with Crippen LogP contribution in [0.4, 0.5) is 0 Å². The van der Waals surface area contributed by atoms with Crippen molar-refractivity contribution in [1.82, 2.24) is 4.98 Å². The molecule has 2 heterocycles. The molecular weight excluding hydrogens is 256 g/mol. The zero-order valence-electron chi connectivity index (χ0n) is 8.28. The fourth-order valence-electron chi connectivity index (χ4n) is 0.823. The number of aromatic nitrogens is 1. The van der Waals surface area contributed by atoms with Crippen LogP contribution in [-0.4, -0.2) is 22.5 Å². The molecule has 0 saturated carbocycles. The predicted octanol–water partition coefficient (Wildman–Crippen LogP) is 3.86. The van der Waals surface area contributed by atoms with Crippen LogP contribution in [0.15, 0.2) is 30.6 Å². The lowest BCUT2D eigenvalue weighted by Gasteiger charge is -1.76. The van der Waals surface area contributed by atoms with Gasteiger partial charge in [0.15, 0.2) is 4.30 Å². The number of alkyl halides is 3. The van der Waals surface area contributed by atoms with E-state index in [4.69, 9.17) is 39.5 Å². The minimum atomic E-state index is -0.750. The van der Waals surface area contributed by atoms with Gasteiger partial charge in [-0.3, -0.25) is 4.98 Å². The topological polar surface area (TPSA) is 22.1 Å². The van der Waals surface area contributed by atoms with Gasteiger partial charge in [-0.25, -0.2) is 0 Å². The second kappa shape index (κ2) is 12.1. The number of ether oxygens (including phenoxy) is 1. The molecule has 0 radical (unpaired) electrons. The molecule has 0 atom stereocenters. The van der Waals surface area contributed by atoms with Gasteiger partial charge in [0.2, 0.25) is 0 Å². The molecule has 5 heteroatoms. The molecule has 0 unspecified atom stereocenters. The van der Waals surface area contributed by atoms with Crippen molar-refractivity contribution in [3.63, 3.8) is 0 Å². The molecule has 1 aliphatic rings. The van der Waals surface area contributed by atoms with Gasteiger partial charge in [0.25, 0.3) is 0 Å². The van der Waals surface area contributed by atoms with E-state index in [0.717, 1.165) is 13.2 Å². The zero-order valence-corrected chi connectivity index (χ0v) is 10.5. The summed E-state index contributed by atoms with van der Waals surface area (Å²) in [5.41, 5.74) is 0. The lowest BCUT2D eigenvalue weighted by molar-refractivity contribution is 0.198. The number of hydrogen-bond acceptors (Lipinski definition) is 2. The molecule has 1 aromatic heterocycles. The maximum atomic E-state index is 4.94. The van der Waals surface area contributed by atoms with Gasteiger partial charge in [-0.1, -0.05) is 40.9 Å². The van der Waals surface area contributed by atoms with Gasteiger partial charge in [-0.2, -0.15) is 0 Å². The molecule has 1 aliphatic heterocycles. The summed E-state index contributed by atoms with van der Waals surface area (Å²) in [5, 5.41) is 0. The van der Waals surface area contributed by atoms with Crippen LogP contribution in [0.3, 0.4) is 0 Å². The van der Waals surface area contributed by atoms with Crippen molar-refractivity contribution in [2.45, 2.75) is 17.1 Å². The Kier molecular flexibility index (Phi) is 12.0. The molecule has 0 aromatic carbocycles. The second-order valence-corrected chi connectivity index (χ2v) is 4.57. The Morgan fingerprint density at radius 2 is 1.40 bits per heavy atom. The first-order chi connectivity index (χ1) is 7.23. The molecular formula is C10H14Cl3NO. The molecule has 1 saturated heterocycles. The SMILES string of the molecule is C1CCOC1.ClC(Cl)Cl.c1ccncc1. The van der Waals surface area contributed by atoms with Crippen LogP contribution in [0.25, 0.3) is 0 Å². The van der Waals surface area contributed by atoms with Gasteiger partial charge in [-0.05, 0) is 25.0 Å². The van der Waals surface area contributed by atoms with Crippen LogP contribution in [0.5, 0.6) is 0 Å². The minimum Gasteiger partial charge on any atom is -0.381 e. The summed E-state index contributed by atoms with van der Waals surface area (Å²) >= 11 is 14.4. The van der Waals surface area contributed by atoms with E-state index < -0.39 is 4.30 Å². The average Bonchev–Trinajstić information content (AvgIpc) is 2.77. The van der Waals surface area contributed by atoms with Crippen molar-refractivity contribution in [1.29, 1.82) is 0 Å². The largest absolute Gasteiger partial charge is 0.381 e. The number of halogens is 3. The molecule has 0 amide bonds. The minimum absolute atomic E-state index is 0.750. The highest BCUT2D eigenvalue weighted by molar-refractivity contribution is 6.63. The highest BCUT2D eigenvalue weighted by Gasteiger charge is 1.94. The highest BCUT2D eigenvalue weighted by Crippen LogP contribution is 2.03. The Hall–Kier alpha value is -0.0200. The molecule has 1 aromatic rings. The molecule has 86 valence electrons. The lowest BCUT2D eigenvalue weighted by Crippen LogP contribution is -1.74. The molecule has 2 nitrogen and oxygen atoms in total. The van der Waals surface area contributed by atoms with Crippen LogP contribution < -0.4 is 0 Å². The van der Waals surface area contributed by atoms with Crippen LogP contribution >= 0.6 is 34.8 Å². The number of hydrogen-bond donors (Lipinski definition) is 0. The van der Waals surface area contributed by atoms with Crippen LogP contribution in [-0.2, 0) is 4.74 Å². The van der Waals surface area contributed by atoms with Gasteiger partial charge < -0.3 is 4.74 Å². The van der Waals surface area contributed by atoms with Gasteiger partial charge >= 0.3 is 0 Å². The Morgan fingerprint density at radius 1 is 0.933 bits per heavy atom. The standard InChI is InChI=1S/C5H5N.C4H8O.CHCl3/c1-2-4-6-5-3-1;1-2-4-5-3-1;2-1(3)4/h1-5H;1-4H2;1H. The number of pyridine rings is 1. The highest BCUT2D eigenvalue weighted by atomic mass is 35.6. The summed E-state index contributed by atoms with van der Waals surface area (Å²) < 4.78 is 4.19. The van der Waals surface area contributed by atoms with Crippen LogP contribution in [0, 0.1) is 0 Å². The van der Waals surface area contributed by atoms with Crippen molar-refractivity contribution in [3.05, 3.63) is 30.6 Å². The summed E-state index contributed by atoms with van der Waals surface area (Å²) in [6.07, 6.45) is 6.06. The first kappa shape index (κ1) is 15.0. The van der Waals surface area contributed by atoms with Crippen molar-refractivity contribution >= 4 is 34.8 Å². The van der Waals surface area contributed by atoms with E-state index >= 15 is 0 Å². The molecule has 2 rings (SSSR count). The number of nitrogens with zero attached hydrogens (tertiary/aromatic N) is 1. The summed E-state index contributed by atoms with van der Waals surface area (Å²) in [4.78, 5) is 3.78. The zero-order chi connectivity index (χ0) is 11.4. The summed E-state index contributed by atoms with van der Waals surface area (Å²) in [5.74, 6) is 0. The van der Waals surface area contributed by atoms with Gasteiger partial charge in [0, 0.05) is 25.6 Å². The molecule has 0 spiro atoms.